The Morgan fingerprint density at radius 2 is 2.14 bits per heavy atom. The minimum atomic E-state index is -1.11. The maximum absolute atomic E-state index is 12.3. The molecule has 7 heteroatoms. The van der Waals surface area contributed by atoms with Gasteiger partial charge in [-0.1, -0.05) is 17.3 Å². The van der Waals surface area contributed by atoms with Gasteiger partial charge in [0.15, 0.2) is 5.58 Å². The first kappa shape index (κ1) is 13.6. The molecule has 1 fully saturated rings. The van der Waals surface area contributed by atoms with E-state index in [1.165, 1.54) is 4.90 Å². The fourth-order valence-corrected chi connectivity index (χ4v) is 2.63. The predicted molar refractivity (Wildman–Crippen MR) is 71.5 cm³/mol. The fourth-order valence-electron chi connectivity index (χ4n) is 2.63. The van der Waals surface area contributed by atoms with Crippen LogP contribution in [0.4, 0.5) is 0 Å². The number of nitrogens with zero attached hydrogens (tertiary/aromatic N) is 2. The molecule has 0 unspecified atom stereocenters. The van der Waals surface area contributed by atoms with Gasteiger partial charge in [-0.3, -0.25) is 4.79 Å². The van der Waals surface area contributed by atoms with E-state index in [1.54, 1.807) is 18.2 Å². The largest absolute Gasteiger partial charge is 0.480 e. The van der Waals surface area contributed by atoms with Crippen LogP contribution in [0, 0.1) is 0 Å². The molecule has 0 aliphatic carbocycles. The summed E-state index contributed by atoms with van der Waals surface area (Å²) in [6.45, 7) is 0.0333. The second-order valence-electron chi connectivity index (χ2n) is 5.09. The number of carboxylic acid groups (broad SMARTS) is 1. The van der Waals surface area contributed by atoms with Crippen LogP contribution < -0.4 is 0 Å². The number of β-amino-alcohol motifs (C(OH)–C–C–N with tert-alkyl or cyclic N) is 1. The van der Waals surface area contributed by atoms with Crippen molar-refractivity contribution in [2.24, 2.45) is 0 Å². The van der Waals surface area contributed by atoms with Gasteiger partial charge in [0.25, 0.3) is 0 Å². The Labute approximate surface area is 119 Å². The quantitative estimate of drug-likeness (QED) is 0.849. The summed E-state index contributed by atoms with van der Waals surface area (Å²) in [4.78, 5) is 24.6. The lowest BCUT2D eigenvalue weighted by Gasteiger charge is -2.20. The molecule has 2 atom stereocenters. The topological polar surface area (TPSA) is 104 Å². The van der Waals surface area contributed by atoms with Crippen molar-refractivity contribution in [3.8, 4) is 0 Å². The van der Waals surface area contributed by atoms with Crippen LogP contribution in [0.5, 0.6) is 0 Å². The van der Waals surface area contributed by atoms with Crippen LogP contribution in [0.1, 0.15) is 12.1 Å². The molecule has 0 radical (unpaired) electrons. The van der Waals surface area contributed by atoms with Gasteiger partial charge >= 0.3 is 5.97 Å². The van der Waals surface area contributed by atoms with Crippen LogP contribution in [-0.2, 0) is 16.0 Å². The van der Waals surface area contributed by atoms with E-state index in [-0.39, 0.29) is 25.3 Å². The van der Waals surface area contributed by atoms with Gasteiger partial charge in [-0.25, -0.2) is 4.79 Å². The number of benzene rings is 1. The van der Waals surface area contributed by atoms with Crippen LogP contribution in [0.3, 0.4) is 0 Å². The molecule has 1 aromatic heterocycles. The van der Waals surface area contributed by atoms with Crippen LogP contribution in [0.2, 0.25) is 0 Å². The van der Waals surface area contributed by atoms with Crippen molar-refractivity contribution in [2.45, 2.75) is 25.0 Å². The van der Waals surface area contributed by atoms with Gasteiger partial charge in [0.2, 0.25) is 5.91 Å². The van der Waals surface area contributed by atoms with E-state index in [9.17, 15) is 14.7 Å². The van der Waals surface area contributed by atoms with E-state index >= 15 is 0 Å². The van der Waals surface area contributed by atoms with Crippen molar-refractivity contribution in [1.29, 1.82) is 0 Å². The third kappa shape index (κ3) is 2.47. The van der Waals surface area contributed by atoms with Gasteiger partial charge in [0.1, 0.15) is 11.7 Å². The average molecular weight is 290 g/mol. The third-order valence-corrected chi connectivity index (χ3v) is 3.66. The number of fused-ring (bicyclic) bond motifs is 1. The molecule has 0 spiro atoms. The molecule has 1 saturated heterocycles. The molecule has 2 aromatic rings. The number of aliphatic hydroxyl groups excluding tert-OH is 1. The second-order valence-corrected chi connectivity index (χ2v) is 5.09. The highest BCUT2D eigenvalue weighted by Crippen LogP contribution is 2.22. The van der Waals surface area contributed by atoms with E-state index in [4.69, 9.17) is 9.63 Å². The van der Waals surface area contributed by atoms with E-state index in [0.717, 1.165) is 5.39 Å². The van der Waals surface area contributed by atoms with Gasteiger partial charge < -0.3 is 19.6 Å². The summed E-state index contributed by atoms with van der Waals surface area (Å²) in [7, 11) is 0. The molecule has 1 aliphatic rings. The first-order chi connectivity index (χ1) is 10.1. The summed E-state index contributed by atoms with van der Waals surface area (Å²) in [6, 6.07) is 6.17. The lowest BCUT2D eigenvalue weighted by molar-refractivity contribution is -0.148. The SMILES string of the molecule is O=C(O)[C@@H]1C[C@@H](O)CN1C(=O)Cc1noc2ccccc12. The summed E-state index contributed by atoms with van der Waals surface area (Å²) < 4.78 is 5.12. The van der Waals surface area contributed by atoms with Crippen molar-refractivity contribution >= 4 is 22.8 Å². The first-order valence-corrected chi connectivity index (χ1v) is 6.60. The molecule has 1 aromatic carbocycles. The molecule has 1 amide bonds. The third-order valence-electron chi connectivity index (χ3n) is 3.66. The van der Waals surface area contributed by atoms with E-state index in [0.29, 0.717) is 11.3 Å². The minimum absolute atomic E-state index is 0.0333. The Bertz CT molecular complexity index is 695. The number of aliphatic hydroxyl groups is 1. The number of aliphatic carboxylic acids is 1. The van der Waals surface area contributed by atoms with Gasteiger partial charge in [-0.15, -0.1) is 0 Å². The Kier molecular flexibility index (Phi) is 3.34. The molecule has 2 heterocycles. The molecule has 21 heavy (non-hydrogen) atoms. The number of carboxylic acids is 1. The predicted octanol–water partition coefficient (Wildman–Crippen LogP) is 0.417. The summed E-state index contributed by atoms with van der Waals surface area (Å²) in [5, 5.41) is 23.3. The Hall–Kier alpha value is -2.41. The fraction of sp³-hybridized carbons (Fsp3) is 0.357. The van der Waals surface area contributed by atoms with E-state index < -0.39 is 18.1 Å². The summed E-state index contributed by atoms with van der Waals surface area (Å²) >= 11 is 0. The zero-order valence-electron chi connectivity index (χ0n) is 11.1. The highest BCUT2D eigenvalue weighted by Gasteiger charge is 2.39. The van der Waals surface area contributed by atoms with Crippen LogP contribution in [-0.4, -0.2) is 50.8 Å². The van der Waals surface area contributed by atoms with Gasteiger partial charge in [0, 0.05) is 18.4 Å². The highest BCUT2D eigenvalue weighted by molar-refractivity contribution is 5.89. The number of carbonyl (C=O) groups excluding carboxylic acids is 1. The maximum atomic E-state index is 12.3. The highest BCUT2D eigenvalue weighted by atomic mass is 16.5. The number of rotatable bonds is 3. The summed E-state index contributed by atoms with van der Waals surface area (Å²) in [6.07, 6.45) is -0.794. The molecular weight excluding hydrogens is 276 g/mol. The number of hydrogen-bond acceptors (Lipinski definition) is 5. The molecule has 3 rings (SSSR count). The Morgan fingerprint density at radius 1 is 1.38 bits per heavy atom. The standard InChI is InChI=1S/C14H14N2O5/c17-8-5-11(14(19)20)16(7-8)13(18)6-10-9-3-1-2-4-12(9)21-15-10/h1-4,8,11,17H,5-7H2,(H,19,20)/t8-,11+/m1/s1. The maximum Gasteiger partial charge on any atom is 0.326 e. The monoisotopic (exact) mass is 290 g/mol. The number of amides is 1. The number of carbonyl (C=O) groups is 2. The van der Waals surface area contributed by atoms with Crippen molar-refractivity contribution in [2.75, 3.05) is 6.54 Å². The molecule has 7 nitrogen and oxygen atoms in total. The number of aromatic nitrogens is 1. The van der Waals surface area contributed by atoms with E-state index in [1.807, 2.05) is 6.07 Å². The van der Waals surface area contributed by atoms with Crippen LogP contribution in [0.25, 0.3) is 11.0 Å². The van der Waals surface area contributed by atoms with Crippen molar-refractivity contribution < 1.29 is 24.3 Å². The van der Waals surface area contributed by atoms with Gasteiger partial charge in [-0.2, -0.15) is 0 Å². The van der Waals surface area contributed by atoms with Gasteiger partial charge in [0.05, 0.1) is 12.5 Å². The second kappa shape index (κ2) is 5.17. The van der Waals surface area contributed by atoms with E-state index in [2.05, 4.69) is 5.16 Å². The average Bonchev–Trinajstić information content (AvgIpc) is 3.03. The summed E-state index contributed by atoms with van der Waals surface area (Å²) in [5.41, 5.74) is 1.05. The molecule has 0 bridgehead atoms. The molecular formula is C14H14N2O5. The molecule has 110 valence electrons. The molecule has 1 aliphatic heterocycles. The number of para-hydroxylation sites is 1. The molecule has 2 N–H and O–H groups in total. The Balaban J connectivity index is 1.81. The van der Waals surface area contributed by atoms with Crippen LogP contribution >= 0.6 is 0 Å². The zero-order valence-corrected chi connectivity index (χ0v) is 11.1. The van der Waals surface area contributed by atoms with Crippen LogP contribution in [0.15, 0.2) is 28.8 Å². The normalized spacial score (nSPS) is 21.9. The van der Waals surface area contributed by atoms with Crippen molar-refractivity contribution in [3.63, 3.8) is 0 Å². The minimum Gasteiger partial charge on any atom is -0.480 e. The zero-order chi connectivity index (χ0) is 15.0. The first-order valence-electron chi connectivity index (χ1n) is 6.60. The van der Waals surface area contributed by atoms with Crippen molar-refractivity contribution in [3.05, 3.63) is 30.0 Å². The summed E-state index contributed by atoms with van der Waals surface area (Å²) in [5.74, 6) is -1.48. The number of hydrogen-bond donors (Lipinski definition) is 2. The number of likely N-dealkylation sites (tertiary alicyclic amines) is 1. The molecule has 0 saturated carbocycles. The lowest BCUT2D eigenvalue weighted by atomic mass is 10.1. The van der Waals surface area contributed by atoms with Crippen molar-refractivity contribution in [1.82, 2.24) is 10.1 Å². The smallest absolute Gasteiger partial charge is 0.326 e. The van der Waals surface area contributed by atoms with Gasteiger partial charge in [-0.05, 0) is 12.1 Å². The lowest BCUT2D eigenvalue weighted by Crippen LogP contribution is -2.41. The Morgan fingerprint density at radius 3 is 2.90 bits per heavy atom.